The lowest BCUT2D eigenvalue weighted by Gasteiger charge is -2.25. The Morgan fingerprint density at radius 1 is 1.02 bits per heavy atom. The molecule has 0 N–H and O–H groups in total. The molecule has 18 heteroatoms. The van der Waals surface area contributed by atoms with E-state index >= 15 is 0 Å². The number of hydrogen-bond acceptors (Lipinski definition) is 7. The fourth-order valence-corrected chi connectivity index (χ4v) is 4.96. The van der Waals surface area contributed by atoms with Crippen molar-refractivity contribution in [3.63, 3.8) is 0 Å². The Morgan fingerprint density at radius 2 is 1.75 bits per heavy atom. The van der Waals surface area contributed by atoms with E-state index in [1.807, 2.05) is 6.08 Å². The number of halogens is 9. The van der Waals surface area contributed by atoms with Gasteiger partial charge in [0.15, 0.2) is 0 Å². The predicted molar refractivity (Wildman–Crippen MR) is 144 cm³/mol. The van der Waals surface area contributed by atoms with E-state index in [-0.39, 0.29) is 38.2 Å². The highest BCUT2D eigenvalue weighted by atomic mass is 35.5. The Kier molecular flexibility index (Phi) is 7.95. The maximum atomic E-state index is 14.1. The first-order valence-corrected chi connectivity index (χ1v) is 13.3. The smallest absolute Gasteiger partial charge is 0.401 e. The predicted octanol–water partition coefficient (Wildman–Crippen LogP) is 7.04. The molecule has 0 radical (unpaired) electrons. The van der Waals surface area contributed by atoms with Crippen molar-refractivity contribution in [3.05, 3.63) is 79.6 Å². The first-order chi connectivity index (χ1) is 20.5. The zero-order valence-electron chi connectivity index (χ0n) is 22.4. The van der Waals surface area contributed by atoms with Gasteiger partial charge in [-0.2, -0.15) is 40.6 Å². The van der Waals surface area contributed by atoms with Gasteiger partial charge in [-0.15, -0.1) is 10.2 Å². The van der Waals surface area contributed by atoms with Crippen molar-refractivity contribution in [2.24, 2.45) is 0 Å². The molecule has 0 saturated heterocycles. The van der Waals surface area contributed by atoms with Gasteiger partial charge in [0.25, 0.3) is 5.82 Å². The standard InChI is InChI=1S/C26H18Cl2F7N7O2/c1-12-6-4-3-5-7-17(28)20(12)42-18(21-36-19-13(2)8-14(27)9-16(19)22(43)44-21)10-15(38-42)11-41-39-23(37-40-41)24(29,30)25(31,32)26(33,34)35/h3,5,7-10H,4,6,11H2,1-2H3. The molecule has 0 amide bonds. The molecule has 0 aliphatic heterocycles. The molecule has 1 aliphatic carbocycles. The fourth-order valence-electron chi connectivity index (χ4n) is 4.38. The van der Waals surface area contributed by atoms with Crippen molar-refractivity contribution < 1.29 is 35.2 Å². The Labute approximate surface area is 252 Å². The van der Waals surface area contributed by atoms with Gasteiger partial charge in [0.05, 0.1) is 27.3 Å². The number of aromatic nitrogens is 7. The zero-order chi connectivity index (χ0) is 32.2. The molecule has 1 aliphatic rings. The van der Waals surface area contributed by atoms with Gasteiger partial charge in [0.2, 0.25) is 5.89 Å². The molecule has 3 heterocycles. The Balaban J connectivity index is 1.64. The maximum absolute atomic E-state index is 14.1. The Morgan fingerprint density at radius 3 is 2.45 bits per heavy atom. The summed E-state index contributed by atoms with van der Waals surface area (Å²) in [7, 11) is 0. The monoisotopic (exact) mass is 663 g/mol. The lowest BCUT2D eigenvalue weighted by atomic mass is 10.1. The molecule has 0 saturated carbocycles. The van der Waals surface area contributed by atoms with Crippen LogP contribution in [0, 0.1) is 6.92 Å². The minimum Gasteiger partial charge on any atom is -0.401 e. The van der Waals surface area contributed by atoms with Crippen LogP contribution in [0.2, 0.25) is 5.02 Å². The van der Waals surface area contributed by atoms with Gasteiger partial charge >= 0.3 is 23.6 Å². The van der Waals surface area contributed by atoms with Crippen LogP contribution in [0.1, 0.15) is 36.8 Å². The lowest BCUT2D eigenvalue weighted by molar-refractivity contribution is -0.361. The average molecular weight is 664 g/mol. The molecule has 5 rings (SSSR count). The summed E-state index contributed by atoms with van der Waals surface area (Å²) in [6, 6.07) is 4.28. The van der Waals surface area contributed by atoms with Gasteiger partial charge in [0.1, 0.15) is 12.2 Å². The summed E-state index contributed by atoms with van der Waals surface area (Å²) in [6.45, 7) is 2.83. The molecule has 0 atom stereocenters. The first kappa shape index (κ1) is 31.4. The lowest BCUT2D eigenvalue weighted by Crippen LogP contribution is -2.50. The number of allylic oxidation sites excluding steroid dienone is 6. The third kappa shape index (κ3) is 5.51. The molecular formula is C26H18Cl2F7N7O2. The first-order valence-electron chi connectivity index (χ1n) is 12.5. The van der Waals surface area contributed by atoms with E-state index in [1.165, 1.54) is 16.8 Å². The summed E-state index contributed by atoms with van der Waals surface area (Å²) in [5, 5.41) is 14.0. The van der Waals surface area contributed by atoms with Crippen LogP contribution in [0.15, 0.2) is 56.2 Å². The van der Waals surface area contributed by atoms with Crippen molar-refractivity contribution in [3.8, 4) is 11.6 Å². The van der Waals surface area contributed by atoms with E-state index in [0.717, 1.165) is 5.57 Å². The average Bonchev–Trinajstić information content (AvgIpc) is 3.55. The fraction of sp³-hybridized carbons (Fsp3) is 0.308. The maximum Gasteiger partial charge on any atom is 0.460 e. The molecule has 0 fully saturated rings. The Bertz CT molecular complexity index is 1920. The van der Waals surface area contributed by atoms with Gasteiger partial charge in [0, 0.05) is 5.02 Å². The summed E-state index contributed by atoms with van der Waals surface area (Å²) in [4.78, 5) is 17.8. The number of aryl methyl sites for hydroxylation is 1. The summed E-state index contributed by atoms with van der Waals surface area (Å²) in [5.41, 5.74) is 1.16. The second kappa shape index (κ2) is 11.1. The highest BCUT2D eigenvalue weighted by molar-refractivity contribution is 6.36. The third-order valence-electron chi connectivity index (χ3n) is 6.56. The summed E-state index contributed by atoms with van der Waals surface area (Å²) in [5.74, 6) is -14.7. The van der Waals surface area contributed by atoms with Crippen molar-refractivity contribution in [2.75, 3.05) is 0 Å². The van der Waals surface area contributed by atoms with E-state index < -0.39 is 36.0 Å². The van der Waals surface area contributed by atoms with Crippen LogP contribution in [0.4, 0.5) is 30.7 Å². The van der Waals surface area contributed by atoms with E-state index in [4.69, 9.17) is 27.6 Å². The summed E-state index contributed by atoms with van der Waals surface area (Å²) in [6.07, 6.45) is -0.199. The van der Waals surface area contributed by atoms with Crippen LogP contribution in [-0.2, 0) is 12.5 Å². The molecule has 3 aromatic heterocycles. The second-order valence-electron chi connectivity index (χ2n) is 9.76. The summed E-state index contributed by atoms with van der Waals surface area (Å²) < 4.78 is 100. The van der Waals surface area contributed by atoms with Crippen molar-refractivity contribution in [1.82, 2.24) is 35.0 Å². The summed E-state index contributed by atoms with van der Waals surface area (Å²) >= 11 is 12.7. The minimum absolute atomic E-state index is 0.0328. The molecule has 0 unspecified atom stereocenters. The number of nitrogens with zero attached hydrogens (tertiary/aromatic N) is 7. The van der Waals surface area contributed by atoms with Crippen molar-refractivity contribution in [1.29, 1.82) is 0 Å². The molecular weight excluding hydrogens is 646 g/mol. The highest BCUT2D eigenvalue weighted by Gasteiger charge is 2.75. The largest absolute Gasteiger partial charge is 0.460 e. The number of benzene rings is 1. The quantitative estimate of drug-likeness (QED) is 0.204. The molecule has 9 nitrogen and oxygen atoms in total. The molecule has 0 spiro atoms. The topological polar surface area (TPSA) is 105 Å². The molecule has 1 aromatic carbocycles. The molecule has 232 valence electrons. The van der Waals surface area contributed by atoms with Crippen LogP contribution in [0.3, 0.4) is 0 Å². The number of rotatable bonds is 6. The van der Waals surface area contributed by atoms with Crippen molar-refractivity contribution in [2.45, 2.75) is 51.3 Å². The van der Waals surface area contributed by atoms with E-state index in [2.05, 4.69) is 25.5 Å². The van der Waals surface area contributed by atoms with Crippen LogP contribution < -0.4 is 5.63 Å². The number of fused-ring (bicyclic) bond motifs is 1. The van der Waals surface area contributed by atoms with Gasteiger partial charge in [-0.05, 0) is 67.3 Å². The van der Waals surface area contributed by atoms with Crippen LogP contribution in [-0.4, -0.2) is 47.1 Å². The van der Waals surface area contributed by atoms with Crippen LogP contribution >= 0.6 is 23.2 Å². The van der Waals surface area contributed by atoms with E-state index in [9.17, 15) is 35.5 Å². The zero-order valence-corrected chi connectivity index (χ0v) is 23.9. The van der Waals surface area contributed by atoms with Crippen LogP contribution in [0.5, 0.6) is 0 Å². The number of hydrogen-bond donors (Lipinski definition) is 0. The highest BCUT2D eigenvalue weighted by Crippen LogP contribution is 2.50. The van der Waals surface area contributed by atoms with Crippen LogP contribution in [0.25, 0.3) is 28.2 Å². The third-order valence-corrected chi connectivity index (χ3v) is 7.08. The second-order valence-corrected chi connectivity index (χ2v) is 10.6. The SMILES string of the molecule is CC1=C(n2nc(Cn3nnc(C(F)(F)C(F)(F)C(F)(F)F)n3)cc2-c2nc3c(C)cc(Cl)cc3c(=O)o2)C(Cl)=CC=CCC1. The number of alkyl halides is 7. The molecule has 44 heavy (non-hydrogen) atoms. The van der Waals surface area contributed by atoms with Gasteiger partial charge in [-0.25, -0.2) is 14.5 Å². The minimum atomic E-state index is -6.58. The van der Waals surface area contributed by atoms with E-state index in [1.54, 1.807) is 32.1 Å². The molecule has 4 aromatic rings. The van der Waals surface area contributed by atoms with Gasteiger partial charge in [-0.1, -0.05) is 35.4 Å². The van der Waals surface area contributed by atoms with Gasteiger partial charge < -0.3 is 4.42 Å². The Hall–Kier alpha value is -4.05. The van der Waals surface area contributed by atoms with E-state index in [0.29, 0.717) is 28.9 Å². The van der Waals surface area contributed by atoms with Crippen molar-refractivity contribution >= 4 is 39.8 Å². The number of tetrazole rings is 1. The van der Waals surface area contributed by atoms with Gasteiger partial charge in [-0.3, -0.25) is 0 Å². The normalized spacial score (nSPS) is 15.1. The molecule has 0 bridgehead atoms.